The summed E-state index contributed by atoms with van der Waals surface area (Å²) in [7, 11) is 5.19. The van der Waals surface area contributed by atoms with Crippen molar-refractivity contribution >= 4 is 29.9 Å². The summed E-state index contributed by atoms with van der Waals surface area (Å²) in [5.74, 6) is 2.32. The zero-order valence-corrected chi connectivity index (χ0v) is 21.0. The number of ether oxygens (including phenoxy) is 2. The van der Waals surface area contributed by atoms with Crippen molar-refractivity contribution in [2.75, 3.05) is 60.5 Å². The lowest BCUT2D eigenvalue weighted by molar-refractivity contribution is -0.143. The average Bonchev–Trinajstić information content (AvgIpc) is 3.14. The number of hydrogen-bond donors (Lipinski definition) is 1. The van der Waals surface area contributed by atoms with Gasteiger partial charge >= 0.3 is 6.18 Å². The van der Waals surface area contributed by atoms with E-state index in [2.05, 4.69) is 10.3 Å². The van der Waals surface area contributed by atoms with Gasteiger partial charge in [0.25, 0.3) is 0 Å². The monoisotopic (exact) mass is 558 g/mol. The Kier molecular flexibility index (Phi) is 11.7. The number of nitrogens with zero attached hydrogens (tertiary/aromatic N) is 3. The number of hydrogen-bond acceptors (Lipinski definition) is 4. The molecule has 1 N–H and O–H groups in total. The highest BCUT2D eigenvalue weighted by atomic mass is 127. The van der Waals surface area contributed by atoms with E-state index in [0.717, 1.165) is 37.5 Å². The largest absolute Gasteiger partial charge is 0.493 e. The Balaban J connectivity index is 0.00000480. The minimum absolute atomic E-state index is 0. The van der Waals surface area contributed by atoms with Gasteiger partial charge in [-0.3, -0.25) is 9.89 Å². The molecular formula is C21H34F3IN4O2. The fraction of sp³-hybridized carbons (Fsp3) is 0.667. The van der Waals surface area contributed by atoms with Crippen LogP contribution in [0.1, 0.15) is 18.9 Å². The van der Waals surface area contributed by atoms with Crippen LogP contribution in [0.5, 0.6) is 11.5 Å². The van der Waals surface area contributed by atoms with E-state index in [9.17, 15) is 13.2 Å². The molecule has 0 spiro atoms. The number of likely N-dealkylation sites (N-methyl/N-ethyl adjacent to an activating group) is 1. The van der Waals surface area contributed by atoms with Crippen LogP contribution in [0, 0.1) is 5.92 Å². The van der Waals surface area contributed by atoms with E-state index in [-0.39, 0.29) is 29.9 Å². The Morgan fingerprint density at radius 3 is 2.58 bits per heavy atom. The molecule has 6 nitrogen and oxygen atoms in total. The molecule has 1 aliphatic rings. The number of alkyl halides is 3. The summed E-state index contributed by atoms with van der Waals surface area (Å²) >= 11 is 0. The van der Waals surface area contributed by atoms with Gasteiger partial charge in [0.15, 0.2) is 17.5 Å². The number of benzene rings is 1. The van der Waals surface area contributed by atoms with Crippen LogP contribution in [-0.4, -0.2) is 82.5 Å². The topological polar surface area (TPSA) is 49.3 Å². The smallest absolute Gasteiger partial charge is 0.401 e. The normalized spacial score (nSPS) is 17.3. The maximum Gasteiger partial charge on any atom is 0.401 e. The van der Waals surface area contributed by atoms with Gasteiger partial charge in [-0.2, -0.15) is 13.2 Å². The van der Waals surface area contributed by atoms with E-state index in [1.807, 2.05) is 37.1 Å². The number of likely N-dealkylation sites (tertiary alicyclic amines) is 1. The Bertz CT molecular complexity index is 704. The number of guanidine groups is 1. The molecule has 0 amide bonds. The number of methoxy groups -OCH3 is 2. The lowest BCUT2D eigenvalue weighted by Crippen LogP contribution is -2.40. The first-order chi connectivity index (χ1) is 14.3. The summed E-state index contributed by atoms with van der Waals surface area (Å²) < 4.78 is 48.3. The minimum Gasteiger partial charge on any atom is -0.493 e. The van der Waals surface area contributed by atoms with Crippen LogP contribution in [0.4, 0.5) is 13.2 Å². The first kappa shape index (κ1) is 27.6. The maximum atomic E-state index is 12.6. The lowest BCUT2D eigenvalue weighted by Gasteiger charge is -2.23. The molecule has 0 aliphatic carbocycles. The SMILES string of the molecule is CCNC(=NCC1CCN(CC(F)(F)F)C1)N(C)CCc1ccc(OC)c(OC)c1.I. The number of aliphatic imine (C=N–C) groups is 1. The first-order valence-corrected chi connectivity index (χ1v) is 10.2. The van der Waals surface area contributed by atoms with E-state index in [0.29, 0.717) is 31.1 Å². The third-order valence-corrected chi connectivity index (χ3v) is 5.15. The standard InChI is InChI=1S/C21H33F3N4O2.HI/c1-5-25-20(26-13-17-9-11-28(14-17)15-21(22,23)24)27(2)10-8-16-6-7-18(29-3)19(12-16)30-4;/h6-7,12,17H,5,8-11,13-15H2,1-4H3,(H,25,26);1H. The summed E-state index contributed by atoms with van der Waals surface area (Å²) in [6.07, 6.45) is -2.60. The van der Waals surface area contributed by atoms with Crippen LogP contribution in [0.25, 0.3) is 0 Å². The molecule has 2 rings (SSSR count). The van der Waals surface area contributed by atoms with Gasteiger partial charge in [-0.1, -0.05) is 6.07 Å². The van der Waals surface area contributed by atoms with Crippen molar-refractivity contribution in [3.05, 3.63) is 23.8 Å². The van der Waals surface area contributed by atoms with E-state index >= 15 is 0 Å². The minimum atomic E-state index is -4.14. The molecule has 0 radical (unpaired) electrons. The van der Waals surface area contributed by atoms with Gasteiger partial charge in [-0.05, 0) is 49.9 Å². The van der Waals surface area contributed by atoms with Crippen molar-refractivity contribution in [1.82, 2.24) is 15.1 Å². The first-order valence-electron chi connectivity index (χ1n) is 10.2. The zero-order valence-electron chi connectivity index (χ0n) is 18.7. The predicted octanol–water partition coefficient (Wildman–Crippen LogP) is 3.65. The van der Waals surface area contributed by atoms with Crippen molar-refractivity contribution in [2.45, 2.75) is 25.9 Å². The Hall–Kier alpha value is -1.43. The van der Waals surface area contributed by atoms with Crippen molar-refractivity contribution in [3.8, 4) is 11.5 Å². The predicted molar refractivity (Wildman–Crippen MR) is 128 cm³/mol. The molecular weight excluding hydrogens is 524 g/mol. The molecule has 1 aromatic carbocycles. The van der Waals surface area contributed by atoms with Gasteiger partial charge in [0.2, 0.25) is 0 Å². The summed E-state index contributed by atoms with van der Waals surface area (Å²) in [6, 6.07) is 5.86. The Labute approximate surface area is 200 Å². The number of nitrogens with one attached hydrogen (secondary N) is 1. The maximum absolute atomic E-state index is 12.6. The van der Waals surface area contributed by atoms with Gasteiger partial charge < -0.3 is 19.7 Å². The van der Waals surface area contributed by atoms with Crippen LogP contribution in [0.3, 0.4) is 0 Å². The molecule has 1 saturated heterocycles. The van der Waals surface area contributed by atoms with E-state index in [1.54, 1.807) is 14.2 Å². The molecule has 1 unspecified atom stereocenters. The van der Waals surface area contributed by atoms with E-state index < -0.39 is 12.7 Å². The number of halogens is 4. The molecule has 1 heterocycles. The zero-order chi connectivity index (χ0) is 22.1. The molecule has 10 heteroatoms. The second-order valence-corrected chi connectivity index (χ2v) is 7.56. The summed E-state index contributed by atoms with van der Waals surface area (Å²) in [5.41, 5.74) is 1.12. The van der Waals surface area contributed by atoms with Crippen molar-refractivity contribution < 1.29 is 22.6 Å². The van der Waals surface area contributed by atoms with Crippen LogP contribution in [0.2, 0.25) is 0 Å². The third-order valence-electron chi connectivity index (χ3n) is 5.15. The highest BCUT2D eigenvalue weighted by molar-refractivity contribution is 14.0. The van der Waals surface area contributed by atoms with E-state index in [1.165, 1.54) is 4.90 Å². The van der Waals surface area contributed by atoms with Crippen molar-refractivity contribution in [1.29, 1.82) is 0 Å². The fourth-order valence-corrected chi connectivity index (χ4v) is 3.58. The van der Waals surface area contributed by atoms with Gasteiger partial charge in [0.05, 0.1) is 20.8 Å². The second kappa shape index (κ2) is 13.2. The third kappa shape index (κ3) is 9.30. The Morgan fingerprint density at radius 2 is 1.97 bits per heavy atom. The molecule has 1 aromatic rings. The lowest BCUT2D eigenvalue weighted by atomic mass is 10.1. The molecule has 1 fully saturated rings. The van der Waals surface area contributed by atoms with Crippen LogP contribution >= 0.6 is 24.0 Å². The Morgan fingerprint density at radius 1 is 1.26 bits per heavy atom. The summed E-state index contributed by atoms with van der Waals surface area (Å²) in [4.78, 5) is 8.19. The molecule has 0 aromatic heterocycles. The van der Waals surface area contributed by atoms with Gasteiger partial charge in [0, 0.05) is 33.2 Å². The van der Waals surface area contributed by atoms with Crippen LogP contribution in [0.15, 0.2) is 23.2 Å². The van der Waals surface area contributed by atoms with Gasteiger partial charge in [-0.25, -0.2) is 0 Å². The second-order valence-electron chi connectivity index (χ2n) is 7.56. The van der Waals surface area contributed by atoms with Crippen LogP contribution in [-0.2, 0) is 6.42 Å². The highest BCUT2D eigenvalue weighted by Crippen LogP contribution is 2.27. The molecule has 1 atom stereocenters. The van der Waals surface area contributed by atoms with Gasteiger partial charge in [0.1, 0.15) is 0 Å². The summed E-state index contributed by atoms with van der Waals surface area (Å²) in [5, 5.41) is 3.27. The quantitative estimate of drug-likeness (QED) is 0.285. The molecule has 0 bridgehead atoms. The van der Waals surface area contributed by atoms with Crippen molar-refractivity contribution in [2.24, 2.45) is 10.9 Å². The molecule has 0 saturated carbocycles. The fourth-order valence-electron chi connectivity index (χ4n) is 3.58. The number of rotatable bonds is 9. The van der Waals surface area contributed by atoms with Gasteiger partial charge in [-0.15, -0.1) is 24.0 Å². The van der Waals surface area contributed by atoms with Crippen molar-refractivity contribution in [3.63, 3.8) is 0 Å². The molecule has 1 aliphatic heterocycles. The average molecular weight is 558 g/mol. The molecule has 31 heavy (non-hydrogen) atoms. The molecule has 178 valence electrons. The summed E-state index contributed by atoms with van der Waals surface area (Å²) in [6.45, 7) is 4.08. The van der Waals surface area contributed by atoms with Crippen LogP contribution < -0.4 is 14.8 Å². The van der Waals surface area contributed by atoms with E-state index in [4.69, 9.17) is 9.47 Å². The highest BCUT2D eigenvalue weighted by Gasteiger charge is 2.34.